The molecule has 1 aromatic rings. The normalized spacial score (nSPS) is 18.5. The number of rotatable bonds is 5. The number of benzene rings is 1. The van der Waals surface area contributed by atoms with Crippen LogP contribution in [0, 0.1) is 0 Å². The third-order valence-corrected chi connectivity index (χ3v) is 4.27. The monoisotopic (exact) mass is 291 g/mol. The standard InChI is InChI=1S/C17H29N3O/c1-4-8-18-14(2)16-7-6-15(13-17(16)21)20-10-5-9-19(3)11-12-20/h6-7,13-14,18,21H,4-5,8-12H2,1-3H3. The lowest BCUT2D eigenvalue weighted by Crippen LogP contribution is -2.28. The Morgan fingerprint density at radius 2 is 2.05 bits per heavy atom. The van der Waals surface area contributed by atoms with E-state index in [4.69, 9.17) is 0 Å². The van der Waals surface area contributed by atoms with E-state index in [9.17, 15) is 5.11 Å². The van der Waals surface area contributed by atoms with Gasteiger partial charge in [0.15, 0.2) is 0 Å². The van der Waals surface area contributed by atoms with E-state index < -0.39 is 0 Å². The number of phenols is 1. The fraction of sp³-hybridized carbons (Fsp3) is 0.647. The lowest BCUT2D eigenvalue weighted by Gasteiger charge is -2.24. The second kappa shape index (κ2) is 7.66. The van der Waals surface area contributed by atoms with Crippen LogP contribution < -0.4 is 10.2 Å². The molecule has 2 N–H and O–H groups in total. The smallest absolute Gasteiger partial charge is 0.122 e. The Balaban J connectivity index is 2.07. The van der Waals surface area contributed by atoms with Gasteiger partial charge in [-0.25, -0.2) is 0 Å². The second-order valence-electron chi connectivity index (χ2n) is 6.06. The van der Waals surface area contributed by atoms with Gasteiger partial charge in [0, 0.05) is 43.0 Å². The molecule has 1 saturated heterocycles. The van der Waals surface area contributed by atoms with Crippen molar-refractivity contribution in [2.75, 3.05) is 44.7 Å². The molecule has 4 heteroatoms. The first-order valence-electron chi connectivity index (χ1n) is 8.11. The quantitative estimate of drug-likeness (QED) is 0.874. The molecule has 2 rings (SSSR count). The van der Waals surface area contributed by atoms with Crippen molar-refractivity contribution in [3.05, 3.63) is 23.8 Å². The minimum atomic E-state index is 0.189. The van der Waals surface area contributed by atoms with Gasteiger partial charge in [-0.2, -0.15) is 0 Å². The summed E-state index contributed by atoms with van der Waals surface area (Å²) in [4.78, 5) is 4.74. The van der Waals surface area contributed by atoms with E-state index in [1.165, 1.54) is 6.42 Å². The molecule has 0 amide bonds. The van der Waals surface area contributed by atoms with Crippen LogP contribution in [0.3, 0.4) is 0 Å². The van der Waals surface area contributed by atoms with E-state index in [0.717, 1.165) is 50.4 Å². The van der Waals surface area contributed by atoms with Crippen molar-refractivity contribution < 1.29 is 5.11 Å². The summed E-state index contributed by atoms with van der Waals surface area (Å²) < 4.78 is 0. The Hall–Kier alpha value is -1.26. The number of nitrogens with zero attached hydrogens (tertiary/aromatic N) is 2. The fourth-order valence-electron chi connectivity index (χ4n) is 2.87. The molecule has 118 valence electrons. The Kier molecular flexibility index (Phi) is 5.88. The Morgan fingerprint density at radius 3 is 2.76 bits per heavy atom. The van der Waals surface area contributed by atoms with Crippen molar-refractivity contribution in [1.82, 2.24) is 10.2 Å². The molecule has 1 heterocycles. The summed E-state index contributed by atoms with van der Waals surface area (Å²) in [6.45, 7) is 9.55. The highest BCUT2D eigenvalue weighted by Crippen LogP contribution is 2.29. The molecule has 0 bridgehead atoms. The summed E-state index contributed by atoms with van der Waals surface area (Å²) in [7, 11) is 2.17. The zero-order valence-electron chi connectivity index (χ0n) is 13.6. The lowest BCUT2D eigenvalue weighted by molar-refractivity contribution is 0.360. The molecule has 0 spiro atoms. The highest BCUT2D eigenvalue weighted by molar-refractivity contribution is 5.54. The van der Waals surface area contributed by atoms with Crippen molar-refractivity contribution in [2.45, 2.75) is 32.7 Å². The summed E-state index contributed by atoms with van der Waals surface area (Å²) in [6.07, 6.45) is 2.28. The third-order valence-electron chi connectivity index (χ3n) is 4.27. The first-order valence-corrected chi connectivity index (χ1v) is 8.11. The zero-order valence-corrected chi connectivity index (χ0v) is 13.6. The lowest BCUT2D eigenvalue weighted by atomic mass is 10.1. The van der Waals surface area contributed by atoms with Gasteiger partial charge in [0.25, 0.3) is 0 Å². The minimum Gasteiger partial charge on any atom is -0.508 e. The van der Waals surface area contributed by atoms with Gasteiger partial charge < -0.3 is 20.2 Å². The van der Waals surface area contributed by atoms with Gasteiger partial charge in [0.1, 0.15) is 5.75 Å². The topological polar surface area (TPSA) is 38.7 Å². The molecular weight excluding hydrogens is 262 g/mol. The van der Waals surface area contributed by atoms with E-state index >= 15 is 0 Å². The molecule has 1 fully saturated rings. The van der Waals surface area contributed by atoms with Crippen LogP contribution in [0.25, 0.3) is 0 Å². The van der Waals surface area contributed by atoms with Crippen LogP contribution in [0.5, 0.6) is 5.75 Å². The van der Waals surface area contributed by atoms with E-state index in [0.29, 0.717) is 5.75 Å². The first kappa shape index (κ1) is 16.1. The Morgan fingerprint density at radius 1 is 1.24 bits per heavy atom. The van der Waals surface area contributed by atoms with Crippen LogP contribution in [-0.2, 0) is 0 Å². The van der Waals surface area contributed by atoms with Crippen LogP contribution in [0.4, 0.5) is 5.69 Å². The number of hydrogen-bond donors (Lipinski definition) is 2. The maximum Gasteiger partial charge on any atom is 0.122 e. The van der Waals surface area contributed by atoms with Gasteiger partial charge in [-0.1, -0.05) is 13.0 Å². The third kappa shape index (κ3) is 4.35. The molecular formula is C17H29N3O. The van der Waals surface area contributed by atoms with Crippen molar-refractivity contribution in [3.63, 3.8) is 0 Å². The largest absolute Gasteiger partial charge is 0.508 e. The minimum absolute atomic E-state index is 0.189. The SMILES string of the molecule is CCCNC(C)c1ccc(N2CCCN(C)CC2)cc1O. The summed E-state index contributed by atoms with van der Waals surface area (Å²) in [5.41, 5.74) is 2.12. The van der Waals surface area contributed by atoms with Crippen LogP contribution in [0.1, 0.15) is 38.3 Å². The van der Waals surface area contributed by atoms with E-state index in [1.807, 2.05) is 6.07 Å². The molecule has 0 aromatic heterocycles. The number of phenolic OH excluding ortho intramolecular Hbond substituents is 1. The summed E-state index contributed by atoms with van der Waals surface area (Å²) in [5, 5.41) is 13.8. The predicted molar refractivity (Wildman–Crippen MR) is 89.1 cm³/mol. The molecule has 21 heavy (non-hydrogen) atoms. The first-order chi connectivity index (χ1) is 10.1. The van der Waals surface area contributed by atoms with Crippen molar-refractivity contribution in [1.29, 1.82) is 0 Å². The van der Waals surface area contributed by atoms with Gasteiger partial charge in [0.2, 0.25) is 0 Å². The predicted octanol–water partition coefficient (Wildman–Crippen LogP) is 2.59. The molecule has 1 aliphatic heterocycles. The van der Waals surface area contributed by atoms with Crippen LogP contribution in [-0.4, -0.2) is 49.8 Å². The maximum atomic E-state index is 10.3. The maximum absolute atomic E-state index is 10.3. The molecule has 1 aromatic carbocycles. The summed E-state index contributed by atoms with van der Waals surface area (Å²) >= 11 is 0. The summed E-state index contributed by atoms with van der Waals surface area (Å²) in [5.74, 6) is 0.404. The fourth-order valence-corrected chi connectivity index (χ4v) is 2.87. The van der Waals surface area contributed by atoms with E-state index in [-0.39, 0.29) is 6.04 Å². The average Bonchev–Trinajstić information content (AvgIpc) is 2.69. The van der Waals surface area contributed by atoms with Gasteiger partial charge >= 0.3 is 0 Å². The Bertz CT molecular complexity index is 450. The van der Waals surface area contributed by atoms with Gasteiger partial charge in [0.05, 0.1) is 0 Å². The number of aromatic hydroxyl groups is 1. The van der Waals surface area contributed by atoms with Crippen molar-refractivity contribution in [3.8, 4) is 5.75 Å². The number of likely N-dealkylation sites (N-methyl/N-ethyl adjacent to an activating group) is 1. The number of anilines is 1. The molecule has 1 unspecified atom stereocenters. The van der Waals surface area contributed by atoms with Crippen molar-refractivity contribution >= 4 is 5.69 Å². The second-order valence-corrected chi connectivity index (χ2v) is 6.06. The molecule has 4 nitrogen and oxygen atoms in total. The summed E-state index contributed by atoms with van der Waals surface area (Å²) in [6, 6.07) is 6.32. The molecule has 1 aliphatic rings. The highest BCUT2D eigenvalue weighted by atomic mass is 16.3. The molecule has 0 aliphatic carbocycles. The zero-order chi connectivity index (χ0) is 15.2. The van der Waals surface area contributed by atoms with Crippen molar-refractivity contribution in [2.24, 2.45) is 0 Å². The van der Waals surface area contributed by atoms with Crippen LogP contribution in [0.2, 0.25) is 0 Å². The Labute approximate surface area is 128 Å². The van der Waals surface area contributed by atoms with Gasteiger partial charge in [-0.05, 0) is 46.0 Å². The van der Waals surface area contributed by atoms with E-state index in [1.54, 1.807) is 0 Å². The number of hydrogen-bond acceptors (Lipinski definition) is 4. The number of nitrogens with one attached hydrogen (secondary N) is 1. The van der Waals surface area contributed by atoms with Crippen LogP contribution >= 0.6 is 0 Å². The highest BCUT2D eigenvalue weighted by Gasteiger charge is 2.15. The molecule has 0 saturated carbocycles. The molecule has 1 atom stereocenters. The van der Waals surface area contributed by atoms with Crippen LogP contribution in [0.15, 0.2) is 18.2 Å². The molecule has 0 radical (unpaired) electrons. The van der Waals surface area contributed by atoms with E-state index in [2.05, 4.69) is 48.1 Å². The van der Waals surface area contributed by atoms with Gasteiger partial charge in [-0.15, -0.1) is 0 Å². The average molecular weight is 291 g/mol. The van der Waals surface area contributed by atoms with Gasteiger partial charge in [-0.3, -0.25) is 0 Å².